The number of amides is 1. The molecule has 398 valence electrons. The van der Waals surface area contributed by atoms with E-state index in [-0.39, 0.29) is 55.5 Å². The van der Waals surface area contributed by atoms with Crippen LogP contribution in [0.1, 0.15) is 130 Å². The number of rotatable bonds is 18. The van der Waals surface area contributed by atoms with Crippen LogP contribution in [0.2, 0.25) is 0 Å². The van der Waals surface area contributed by atoms with Crippen molar-refractivity contribution in [1.82, 2.24) is 24.8 Å². The van der Waals surface area contributed by atoms with Crippen molar-refractivity contribution in [3.8, 4) is 0 Å². The Bertz CT molecular complexity index is 2920. The number of allylic oxidation sites excluding steroid dienone is 1. The molecule has 6 heterocycles. The predicted octanol–water partition coefficient (Wildman–Crippen LogP) is 6.57. The van der Waals surface area contributed by atoms with Crippen LogP contribution in [0.3, 0.4) is 0 Å². The van der Waals surface area contributed by atoms with Crippen molar-refractivity contribution >= 4 is 81.0 Å². The fourth-order valence-electron chi connectivity index (χ4n) is 9.80. The van der Waals surface area contributed by atoms with Crippen molar-refractivity contribution in [2.45, 2.75) is 137 Å². The maximum atomic E-state index is 14.7. The van der Waals surface area contributed by atoms with E-state index in [1.165, 1.54) is 26.0 Å². The molecule has 0 saturated carbocycles. The number of hydrogen-bond acceptors (Lipinski definition) is 17. The second-order valence-electron chi connectivity index (χ2n) is 18.6. The van der Waals surface area contributed by atoms with Crippen LogP contribution in [0.4, 0.5) is 0 Å². The van der Waals surface area contributed by atoms with Crippen LogP contribution < -0.4 is 0 Å². The van der Waals surface area contributed by atoms with E-state index in [9.17, 15) is 33.6 Å². The Kier molecular flexibility index (Phi) is 18.4. The molecule has 0 unspecified atom stereocenters. The third kappa shape index (κ3) is 12.4. The maximum Gasteiger partial charge on any atom is 0.340 e. The van der Waals surface area contributed by atoms with Crippen LogP contribution in [0, 0.1) is 13.8 Å². The van der Waals surface area contributed by atoms with E-state index in [1.54, 1.807) is 14.0 Å². The summed E-state index contributed by atoms with van der Waals surface area (Å²) in [5, 5.41) is 0. The number of carbonyl (C=O) groups is 7. The molecule has 0 aromatic carbocycles. The smallest absolute Gasteiger partial charge is 0.340 e. The summed E-state index contributed by atoms with van der Waals surface area (Å²) in [4.78, 5) is 109. The Morgan fingerprint density at radius 3 is 2.07 bits per heavy atom. The lowest BCUT2D eigenvalue weighted by molar-refractivity contribution is -0.308. The fourth-order valence-corrected chi connectivity index (χ4v) is 9.80. The minimum Gasteiger partial charge on any atom is -0.469 e. The molecule has 3 aromatic heterocycles. The van der Waals surface area contributed by atoms with Crippen LogP contribution in [-0.4, -0.2) is 138 Å². The Hall–Kier alpha value is -7.19. The molecule has 20 nitrogen and oxygen atoms in total. The first-order valence-electron chi connectivity index (χ1n) is 24.5. The quantitative estimate of drug-likeness (QED) is 0.0776. The summed E-state index contributed by atoms with van der Waals surface area (Å²) in [7, 11) is 4.21. The molecule has 6 rings (SSSR count). The summed E-state index contributed by atoms with van der Waals surface area (Å²) < 4.78 is 44.4. The molecule has 0 radical (unpaired) electrons. The van der Waals surface area contributed by atoms with Crippen molar-refractivity contribution in [1.29, 1.82) is 0 Å². The lowest BCUT2D eigenvalue weighted by Crippen LogP contribution is -2.63. The lowest BCUT2D eigenvalue weighted by Gasteiger charge is -2.44. The predicted molar refractivity (Wildman–Crippen MR) is 271 cm³/mol. The number of esters is 6. The number of H-pyrrole nitrogens is 2. The molecular formula is C54H67N5O15. The molecule has 1 fully saturated rings. The number of aromatic nitrogens is 4. The van der Waals surface area contributed by atoms with Gasteiger partial charge in [0.1, 0.15) is 12.7 Å². The van der Waals surface area contributed by atoms with E-state index < -0.39 is 79.0 Å². The SMILES string of the molecule is C=Cc1c(C)c2cc3nc(c(CC(=O)N(C)CCCO[C@@H]4O[C@H](COC(C)=O)[C@@H](OC(C)=O)[C@H](OC(C)=O)[C@H]4OC(C)=O)c4nc(cc5[nH]c(cc1[nH]2)c(C)c5CC)C(C)=C4C(=O)OC)[C@@H](CCC(=O)OC)[C@@H]3C. The minimum absolute atomic E-state index is 0.0458. The van der Waals surface area contributed by atoms with Gasteiger partial charge in [0.2, 0.25) is 5.91 Å². The van der Waals surface area contributed by atoms with E-state index in [1.807, 2.05) is 32.1 Å². The number of methoxy groups -OCH3 is 2. The zero-order valence-electron chi connectivity index (χ0n) is 44.2. The number of carbonyl (C=O) groups excluding carboxylic acids is 7. The van der Waals surface area contributed by atoms with Crippen LogP contribution in [0.15, 0.2) is 24.8 Å². The molecule has 7 atom stereocenters. The second kappa shape index (κ2) is 24.2. The lowest BCUT2D eigenvalue weighted by atomic mass is 9.84. The van der Waals surface area contributed by atoms with E-state index in [4.69, 9.17) is 47.9 Å². The number of aryl methyl sites for hydroxylation is 3. The monoisotopic (exact) mass is 1030 g/mol. The first kappa shape index (κ1) is 56.1. The third-order valence-corrected chi connectivity index (χ3v) is 13.6. The molecule has 8 bridgehead atoms. The summed E-state index contributed by atoms with van der Waals surface area (Å²) in [6.07, 6.45) is -4.07. The minimum atomic E-state index is -1.43. The van der Waals surface area contributed by atoms with Crippen molar-refractivity contribution < 1.29 is 71.5 Å². The van der Waals surface area contributed by atoms with E-state index in [2.05, 4.69) is 36.5 Å². The third-order valence-electron chi connectivity index (χ3n) is 13.6. The van der Waals surface area contributed by atoms with Gasteiger partial charge in [0.05, 0.1) is 49.9 Å². The van der Waals surface area contributed by atoms with Gasteiger partial charge in [0, 0.05) is 98.4 Å². The molecule has 0 spiro atoms. The van der Waals surface area contributed by atoms with Crippen LogP contribution in [-0.2, 0) is 84.3 Å². The largest absolute Gasteiger partial charge is 0.469 e. The number of ether oxygens (including phenoxy) is 8. The van der Waals surface area contributed by atoms with E-state index in [0.29, 0.717) is 41.1 Å². The Labute approximate surface area is 429 Å². The summed E-state index contributed by atoms with van der Waals surface area (Å²) in [5.41, 5.74) is 10.2. The highest BCUT2D eigenvalue weighted by molar-refractivity contribution is 6.25. The van der Waals surface area contributed by atoms with Crippen LogP contribution >= 0.6 is 0 Å². The molecular weight excluding hydrogens is 959 g/mol. The number of hydrogen-bond donors (Lipinski definition) is 2. The van der Waals surface area contributed by atoms with Crippen molar-refractivity contribution in [3.05, 3.63) is 75.4 Å². The topological polar surface area (TPSA) is 254 Å². The highest BCUT2D eigenvalue weighted by Gasteiger charge is 2.53. The maximum absolute atomic E-state index is 14.7. The van der Waals surface area contributed by atoms with Gasteiger partial charge in [-0.1, -0.05) is 26.5 Å². The van der Waals surface area contributed by atoms with Crippen molar-refractivity contribution in [2.24, 2.45) is 0 Å². The molecule has 3 aromatic rings. The summed E-state index contributed by atoms with van der Waals surface area (Å²) in [5.74, 6) is -5.19. The molecule has 1 amide bonds. The van der Waals surface area contributed by atoms with Gasteiger partial charge in [-0.15, -0.1) is 0 Å². The standard InChI is InChI=1S/C54H67N5O15/c1-14-34-26(3)38-22-40-28(5)36(17-18-46(65)67-12)48(57-40)37(49-47(53(66)68-13)29(6)41(58-49)24-43-35(15-2)27(4)39(56-43)23-42(34)55-38)21-45(64)59(11)19-16-20-69-54-52(73-33(10)63)51(72-32(9)62)50(71-31(8)61)44(74-54)25-70-30(7)60/h14,22-24,28,36,44,50-52,54-56H,1,15-21,25H2,2-13H3/t28-,36-,44+,50+,51-,52+,54+/m0/s1. The summed E-state index contributed by atoms with van der Waals surface area (Å²) in [6.45, 7) is 18.2. The van der Waals surface area contributed by atoms with Crippen molar-refractivity contribution in [2.75, 3.05) is 41.0 Å². The highest BCUT2D eigenvalue weighted by Crippen LogP contribution is 2.44. The van der Waals surface area contributed by atoms with Gasteiger partial charge in [-0.05, 0) is 80.5 Å². The van der Waals surface area contributed by atoms with Gasteiger partial charge in [0.15, 0.2) is 24.6 Å². The number of likely N-dealkylation sites (N-methyl/N-ethyl adjacent to an activating group) is 1. The molecule has 3 aliphatic heterocycles. The number of aromatic amines is 2. The Morgan fingerprint density at radius 2 is 1.45 bits per heavy atom. The van der Waals surface area contributed by atoms with Gasteiger partial charge in [0.25, 0.3) is 0 Å². The Morgan fingerprint density at radius 1 is 0.797 bits per heavy atom. The summed E-state index contributed by atoms with van der Waals surface area (Å²) in [6, 6.07) is 5.93. The van der Waals surface area contributed by atoms with Crippen LogP contribution in [0.25, 0.3) is 39.3 Å². The Balaban J connectivity index is 1.44. The number of nitrogens with zero attached hydrogens (tertiary/aromatic N) is 3. The molecule has 20 heteroatoms. The molecule has 0 aliphatic carbocycles. The number of fused-ring (bicyclic) bond motifs is 8. The molecule has 1 saturated heterocycles. The van der Waals surface area contributed by atoms with Gasteiger partial charge >= 0.3 is 35.8 Å². The molecule has 74 heavy (non-hydrogen) atoms. The van der Waals surface area contributed by atoms with E-state index in [0.717, 1.165) is 65.1 Å². The van der Waals surface area contributed by atoms with Crippen LogP contribution in [0.5, 0.6) is 0 Å². The zero-order valence-corrected chi connectivity index (χ0v) is 44.2. The van der Waals surface area contributed by atoms with E-state index >= 15 is 0 Å². The average molecular weight is 1030 g/mol. The molecule has 3 aliphatic rings. The van der Waals surface area contributed by atoms with Gasteiger partial charge in [-0.2, -0.15) is 0 Å². The zero-order chi connectivity index (χ0) is 54.3. The van der Waals surface area contributed by atoms with Gasteiger partial charge in [-0.25, -0.2) is 9.78 Å². The average Bonchev–Trinajstić information content (AvgIpc) is 4.03. The van der Waals surface area contributed by atoms with Gasteiger partial charge in [-0.3, -0.25) is 33.8 Å². The first-order chi connectivity index (χ1) is 35.1. The highest BCUT2D eigenvalue weighted by atomic mass is 16.7. The van der Waals surface area contributed by atoms with Crippen molar-refractivity contribution in [3.63, 3.8) is 0 Å². The number of nitrogens with one attached hydrogen (secondary N) is 2. The molecule has 2 N–H and O–H groups in total. The normalized spacial score (nSPS) is 20.3. The fraction of sp³-hybridized carbons (Fsp3) is 0.500. The summed E-state index contributed by atoms with van der Waals surface area (Å²) >= 11 is 0. The second-order valence-corrected chi connectivity index (χ2v) is 18.6. The first-order valence-corrected chi connectivity index (χ1v) is 24.5. The van der Waals surface area contributed by atoms with Gasteiger partial charge < -0.3 is 52.8 Å².